The Labute approximate surface area is 105 Å². The molecule has 0 unspecified atom stereocenters. The molecule has 0 fully saturated rings. The summed E-state index contributed by atoms with van der Waals surface area (Å²) < 4.78 is 5.64. The Balaban J connectivity index is 2.48. The van der Waals surface area contributed by atoms with Crippen molar-refractivity contribution in [2.24, 2.45) is 0 Å². The molecule has 0 spiro atoms. The van der Waals surface area contributed by atoms with Gasteiger partial charge >= 0.3 is 0 Å². The second kappa shape index (κ2) is 4.76. The summed E-state index contributed by atoms with van der Waals surface area (Å²) in [6, 6.07) is 11.3. The van der Waals surface area contributed by atoms with Crippen LogP contribution in [0.1, 0.15) is 13.8 Å². The summed E-state index contributed by atoms with van der Waals surface area (Å²) in [5.41, 5.74) is 0. The summed E-state index contributed by atoms with van der Waals surface area (Å²) in [4.78, 5) is 11.2. The van der Waals surface area contributed by atoms with Gasteiger partial charge in [0.25, 0.3) is 0 Å². The summed E-state index contributed by atoms with van der Waals surface area (Å²) in [7, 11) is 0. The molecule has 0 aliphatic carbocycles. The summed E-state index contributed by atoms with van der Waals surface area (Å²) in [6.45, 7) is 3.26. The van der Waals surface area contributed by atoms with Crippen LogP contribution in [0.4, 0.5) is 0 Å². The highest BCUT2D eigenvalue weighted by Crippen LogP contribution is 2.31. The first-order chi connectivity index (χ1) is 8.09. The molecule has 0 saturated carbocycles. The largest absolute Gasteiger partial charge is 0.482 e. The van der Waals surface area contributed by atoms with Crippen molar-refractivity contribution < 1.29 is 9.53 Å². The van der Waals surface area contributed by atoms with Crippen LogP contribution in [0.5, 0.6) is 5.75 Å². The highest BCUT2D eigenvalue weighted by Gasteiger charge is 2.12. The number of hydrogen-bond acceptors (Lipinski definition) is 2. The third-order valence-electron chi connectivity index (χ3n) is 2.71. The maximum Gasteiger partial charge on any atom is 0.169 e. The molecular weight excluding hydrogens is 236 g/mol. The Kier molecular flexibility index (Phi) is 3.34. The van der Waals surface area contributed by atoms with Gasteiger partial charge in [-0.1, -0.05) is 35.9 Å². The highest BCUT2D eigenvalue weighted by atomic mass is 35.5. The van der Waals surface area contributed by atoms with Crippen LogP contribution in [0.3, 0.4) is 0 Å². The fraction of sp³-hybridized carbons (Fsp3) is 0.214. The molecule has 17 heavy (non-hydrogen) atoms. The summed E-state index contributed by atoms with van der Waals surface area (Å²) in [6.07, 6.45) is -0.445. The van der Waals surface area contributed by atoms with Gasteiger partial charge in [0.05, 0.1) is 0 Å². The Bertz CT molecular complexity index is 563. The van der Waals surface area contributed by atoms with E-state index in [1.807, 2.05) is 24.3 Å². The van der Waals surface area contributed by atoms with Crippen LogP contribution in [0, 0.1) is 0 Å². The zero-order chi connectivity index (χ0) is 12.4. The molecule has 88 valence electrons. The summed E-state index contributed by atoms with van der Waals surface area (Å²) in [5.74, 6) is 0.691. The van der Waals surface area contributed by atoms with Crippen molar-refractivity contribution in [3.8, 4) is 5.75 Å². The minimum atomic E-state index is -0.445. The third kappa shape index (κ3) is 2.42. The first-order valence-electron chi connectivity index (χ1n) is 5.44. The molecule has 2 nitrogen and oxygen atoms in total. The van der Waals surface area contributed by atoms with Crippen molar-refractivity contribution in [2.75, 3.05) is 0 Å². The zero-order valence-corrected chi connectivity index (χ0v) is 10.5. The van der Waals surface area contributed by atoms with E-state index in [0.717, 1.165) is 10.8 Å². The molecule has 0 amide bonds. The van der Waals surface area contributed by atoms with Crippen LogP contribution in [-0.4, -0.2) is 11.9 Å². The summed E-state index contributed by atoms with van der Waals surface area (Å²) >= 11 is 6.11. The van der Waals surface area contributed by atoms with E-state index in [1.165, 1.54) is 6.92 Å². The van der Waals surface area contributed by atoms with Crippen LogP contribution < -0.4 is 4.74 Å². The van der Waals surface area contributed by atoms with E-state index in [-0.39, 0.29) is 5.78 Å². The molecule has 0 aliphatic heterocycles. The first kappa shape index (κ1) is 11.9. The Morgan fingerprint density at radius 1 is 1.18 bits per heavy atom. The fourth-order valence-electron chi connectivity index (χ4n) is 1.61. The molecule has 1 atom stereocenters. The average molecular weight is 249 g/mol. The van der Waals surface area contributed by atoms with E-state index in [4.69, 9.17) is 16.3 Å². The molecule has 0 bridgehead atoms. The molecule has 0 heterocycles. The van der Waals surface area contributed by atoms with Crippen LogP contribution in [0.2, 0.25) is 5.02 Å². The Morgan fingerprint density at radius 2 is 1.82 bits per heavy atom. The topological polar surface area (TPSA) is 26.3 Å². The highest BCUT2D eigenvalue weighted by molar-refractivity contribution is 6.35. The molecule has 0 radical (unpaired) electrons. The van der Waals surface area contributed by atoms with Gasteiger partial charge in [0.15, 0.2) is 11.9 Å². The predicted molar refractivity (Wildman–Crippen MR) is 69.7 cm³/mol. The predicted octanol–water partition coefficient (Wildman–Crippen LogP) is 3.85. The molecule has 0 N–H and O–H groups in total. The van der Waals surface area contributed by atoms with E-state index < -0.39 is 6.10 Å². The number of carbonyl (C=O) groups is 1. The van der Waals surface area contributed by atoms with Crippen molar-refractivity contribution in [3.63, 3.8) is 0 Å². The number of ether oxygens (including phenoxy) is 1. The molecule has 2 aromatic rings. The van der Waals surface area contributed by atoms with Gasteiger partial charge in [-0.25, -0.2) is 0 Å². The lowest BCUT2D eigenvalue weighted by Crippen LogP contribution is -2.20. The van der Waals surface area contributed by atoms with Gasteiger partial charge in [-0.05, 0) is 26.0 Å². The van der Waals surface area contributed by atoms with Gasteiger partial charge in [-0.2, -0.15) is 0 Å². The number of Topliss-reactive ketones (excluding diaryl/α,β-unsaturated/α-hetero) is 1. The number of rotatable bonds is 3. The molecule has 0 aliphatic rings. The number of hydrogen-bond donors (Lipinski definition) is 0. The number of halogens is 1. The lowest BCUT2D eigenvalue weighted by Gasteiger charge is -2.14. The maximum absolute atomic E-state index is 11.2. The van der Waals surface area contributed by atoms with Crippen molar-refractivity contribution in [1.29, 1.82) is 0 Å². The van der Waals surface area contributed by atoms with Gasteiger partial charge in [-0.3, -0.25) is 4.79 Å². The lowest BCUT2D eigenvalue weighted by atomic mass is 10.1. The van der Waals surface area contributed by atoms with Crippen molar-refractivity contribution in [2.45, 2.75) is 20.0 Å². The van der Waals surface area contributed by atoms with Crippen LogP contribution in [-0.2, 0) is 4.79 Å². The number of ketones is 1. The van der Waals surface area contributed by atoms with Gasteiger partial charge < -0.3 is 4.74 Å². The smallest absolute Gasteiger partial charge is 0.169 e. The number of fused-ring (bicyclic) bond motifs is 1. The Morgan fingerprint density at radius 3 is 2.47 bits per heavy atom. The van der Waals surface area contributed by atoms with Crippen molar-refractivity contribution in [3.05, 3.63) is 41.4 Å². The molecule has 2 rings (SSSR count). The lowest BCUT2D eigenvalue weighted by molar-refractivity contribution is -0.122. The van der Waals surface area contributed by atoms with Gasteiger partial charge in [0, 0.05) is 15.8 Å². The molecule has 0 aromatic heterocycles. The molecular formula is C14H13ClO2. The summed E-state index contributed by atoms with van der Waals surface area (Å²) in [5, 5.41) is 2.54. The van der Waals surface area contributed by atoms with Crippen molar-refractivity contribution >= 4 is 28.2 Å². The quantitative estimate of drug-likeness (QED) is 0.825. The van der Waals surface area contributed by atoms with Gasteiger partial charge in [-0.15, -0.1) is 0 Å². The second-order valence-electron chi connectivity index (χ2n) is 3.96. The number of carbonyl (C=O) groups excluding carboxylic acids is 1. The van der Waals surface area contributed by atoms with Crippen LogP contribution in [0.25, 0.3) is 10.8 Å². The van der Waals surface area contributed by atoms with Crippen LogP contribution >= 0.6 is 11.6 Å². The van der Waals surface area contributed by atoms with E-state index in [9.17, 15) is 4.79 Å². The van der Waals surface area contributed by atoms with Crippen molar-refractivity contribution in [1.82, 2.24) is 0 Å². The standard InChI is InChI=1S/C14H13ClO2/c1-9(16)10(2)17-14-8-7-13(15)11-5-3-4-6-12(11)14/h3-8,10H,1-2H3/t10-/m1/s1. The molecule has 2 aromatic carbocycles. The van der Waals surface area contributed by atoms with Gasteiger partial charge in [0.1, 0.15) is 5.75 Å². The molecule has 3 heteroatoms. The minimum Gasteiger partial charge on any atom is -0.482 e. The van der Waals surface area contributed by atoms with E-state index in [1.54, 1.807) is 19.1 Å². The SMILES string of the molecule is CC(=O)[C@@H](C)Oc1ccc(Cl)c2ccccc12. The van der Waals surface area contributed by atoms with E-state index in [0.29, 0.717) is 10.8 Å². The van der Waals surface area contributed by atoms with Crippen LogP contribution in [0.15, 0.2) is 36.4 Å². The second-order valence-corrected chi connectivity index (χ2v) is 4.37. The van der Waals surface area contributed by atoms with E-state index >= 15 is 0 Å². The molecule has 0 saturated heterocycles. The zero-order valence-electron chi connectivity index (χ0n) is 9.74. The normalized spacial score (nSPS) is 12.4. The Hall–Kier alpha value is -1.54. The maximum atomic E-state index is 11.2. The number of benzene rings is 2. The van der Waals surface area contributed by atoms with Gasteiger partial charge in [0.2, 0.25) is 0 Å². The average Bonchev–Trinajstić information content (AvgIpc) is 2.33. The fourth-order valence-corrected chi connectivity index (χ4v) is 1.84. The third-order valence-corrected chi connectivity index (χ3v) is 3.04. The first-order valence-corrected chi connectivity index (χ1v) is 5.81. The van der Waals surface area contributed by atoms with E-state index in [2.05, 4.69) is 0 Å². The monoisotopic (exact) mass is 248 g/mol. The minimum absolute atomic E-state index is 0.00373.